The Balaban J connectivity index is 1.85. The second kappa shape index (κ2) is 15.2. The van der Waals surface area contributed by atoms with Gasteiger partial charge in [-0.15, -0.1) is 0 Å². The molecule has 4 aromatic rings. The molecule has 0 radical (unpaired) electrons. The molecule has 0 spiro atoms. The zero-order valence-corrected chi connectivity index (χ0v) is 28.5. The highest BCUT2D eigenvalue weighted by molar-refractivity contribution is 7.92. The maximum Gasteiger partial charge on any atom is 0.264 e. The third kappa shape index (κ3) is 8.43. The molecule has 4 rings (SSSR count). The fraction of sp³-hybridized carbons (Fsp3) is 0.316. The molecule has 2 amide bonds. The van der Waals surface area contributed by atoms with E-state index >= 15 is 0 Å². The van der Waals surface area contributed by atoms with Crippen LogP contribution in [0.2, 0.25) is 0 Å². The second-order valence-corrected chi connectivity index (χ2v) is 13.9. The molecule has 0 aromatic heterocycles. The van der Waals surface area contributed by atoms with Gasteiger partial charge in [-0.25, -0.2) is 8.42 Å². The van der Waals surface area contributed by atoms with E-state index in [0.29, 0.717) is 5.69 Å². The van der Waals surface area contributed by atoms with Crippen molar-refractivity contribution in [2.75, 3.05) is 10.8 Å². The molecule has 0 aliphatic heterocycles. The van der Waals surface area contributed by atoms with Crippen LogP contribution in [-0.4, -0.2) is 43.8 Å². The van der Waals surface area contributed by atoms with Crippen LogP contribution in [0.3, 0.4) is 0 Å². The number of nitrogens with one attached hydrogen (secondary N) is 1. The van der Waals surface area contributed by atoms with Crippen LogP contribution in [0, 0.1) is 27.7 Å². The molecule has 1 N–H and O–H groups in total. The smallest absolute Gasteiger partial charge is 0.264 e. The zero-order valence-electron chi connectivity index (χ0n) is 27.7. The number of benzene rings is 4. The molecule has 0 fully saturated rings. The van der Waals surface area contributed by atoms with E-state index < -0.39 is 28.5 Å². The topological polar surface area (TPSA) is 86.8 Å². The monoisotopic (exact) mass is 639 g/mol. The third-order valence-corrected chi connectivity index (χ3v) is 10.2. The molecule has 0 saturated heterocycles. The largest absolute Gasteiger partial charge is 0.352 e. The van der Waals surface area contributed by atoms with Gasteiger partial charge in [0.1, 0.15) is 12.6 Å². The SMILES string of the molecule is CC[C@H](C)NC(=O)[C@@H](Cc1ccccc1)N(Cc1ccccc1C)C(=O)CN(c1cc(C)ccc1C)S(=O)(=O)c1ccc(C)cc1. The first-order valence-electron chi connectivity index (χ1n) is 15.8. The summed E-state index contributed by atoms with van der Waals surface area (Å²) in [6.45, 7) is 11.2. The molecular weight excluding hydrogens is 595 g/mol. The number of hydrogen-bond acceptors (Lipinski definition) is 4. The maximum atomic E-state index is 14.7. The number of carbonyl (C=O) groups excluding carboxylic acids is 2. The summed E-state index contributed by atoms with van der Waals surface area (Å²) in [4.78, 5) is 30.3. The van der Waals surface area contributed by atoms with Gasteiger partial charge in [-0.3, -0.25) is 13.9 Å². The van der Waals surface area contributed by atoms with Gasteiger partial charge in [-0.1, -0.05) is 91.3 Å². The Bertz CT molecular complexity index is 1750. The van der Waals surface area contributed by atoms with E-state index in [-0.39, 0.29) is 29.8 Å². The average Bonchev–Trinajstić information content (AvgIpc) is 3.04. The van der Waals surface area contributed by atoms with E-state index in [9.17, 15) is 18.0 Å². The van der Waals surface area contributed by atoms with Crippen molar-refractivity contribution in [1.29, 1.82) is 0 Å². The van der Waals surface area contributed by atoms with Crippen molar-refractivity contribution in [3.8, 4) is 0 Å². The van der Waals surface area contributed by atoms with Crippen LogP contribution >= 0.6 is 0 Å². The number of aryl methyl sites for hydroxylation is 4. The lowest BCUT2D eigenvalue weighted by molar-refractivity contribution is -0.140. The summed E-state index contributed by atoms with van der Waals surface area (Å²) >= 11 is 0. The molecule has 0 aliphatic carbocycles. The summed E-state index contributed by atoms with van der Waals surface area (Å²) in [5.74, 6) is -0.750. The van der Waals surface area contributed by atoms with Crippen molar-refractivity contribution in [3.63, 3.8) is 0 Å². The summed E-state index contributed by atoms with van der Waals surface area (Å²) < 4.78 is 29.9. The molecule has 4 aromatic carbocycles. The zero-order chi connectivity index (χ0) is 33.4. The van der Waals surface area contributed by atoms with E-state index in [2.05, 4.69) is 5.32 Å². The van der Waals surface area contributed by atoms with Gasteiger partial charge in [-0.05, 0) is 87.1 Å². The molecule has 7 nitrogen and oxygen atoms in total. The minimum Gasteiger partial charge on any atom is -0.352 e. The highest BCUT2D eigenvalue weighted by Crippen LogP contribution is 2.29. The Kier molecular flexibility index (Phi) is 11.4. The van der Waals surface area contributed by atoms with Crippen LogP contribution in [-0.2, 0) is 32.6 Å². The molecule has 0 bridgehead atoms. The van der Waals surface area contributed by atoms with Crippen LogP contribution in [0.5, 0.6) is 0 Å². The minimum atomic E-state index is -4.16. The minimum absolute atomic E-state index is 0.0904. The first-order valence-corrected chi connectivity index (χ1v) is 17.2. The summed E-state index contributed by atoms with van der Waals surface area (Å²) in [5, 5.41) is 3.08. The molecule has 0 heterocycles. The molecule has 46 heavy (non-hydrogen) atoms. The summed E-state index contributed by atoms with van der Waals surface area (Å²) in [6, 6.07) is 28.5. The predicted octanol–water partition coefficient (Wildman–Crippen LogP) is 6.67. The summed E-state index contributed by atoms with van der Waals surface area (Å²) in [5.41, 5.74) is 5.68. The van der Waals surface area contributed by atoms with Crippen molar-refractivity contribution in [2.45, 2.75) is 77.9 Å². The van der Waals surface area contributed by atoms with Gasteiger partial charge < -0.3 is 10.2 Å². The Labute approximate surface area is 274 Å². The molecule has 242 valence electrons. The van der Waals surface area contributed by atoms with Gasteiger partial charge in [0.15, 0.2) is 0 Å². The lowest BCUT2D eigenvalue weighted by Crippen LogP contribution is -2.54. The Hall–Kier alpha value is -4.43. The lowest BCUT2D eigenvalue weighted by atomic mass is 10.0. The van der Waals surface area contributed by atoms with Crippen LogP contribution in [0.4, 0.5) is 5.69 Å². The first-order chi connectivity index (χ1) is 21.9. The number of amides is 2. The molecule has 0 aliphatic rings. The Morgan fingerprint density at radius 2 is 1.41 bits per heavy atom. The van der Waals surface area contributed by atoms with E-state index in [4.69, 9.17) is 0 Å². The highest BCUT2D eigenvalue weighted by Gasteiger charge is 2.35. The number of carbonyl (C=O) groups is 2. The highest BCUT2D eigenvalue weighted by atomic mass is 32.2. The number of nitrogens with zero attached hydrogens (tertiary/aromatic N) is 2. The van der Waals surface area contributed by atoms with Gasteiger partial charge in [0.05, 0.1) is 10.6 Å². The second-order valence-electron chi connectivity index (χ2n) is 12.1. The fourth-order valence-electron chi connectivity index (χ4n) is 5.30. The molecule has 0 saturated carbocycles. The fourth-order valence-corrected chi connectivity index (χ4v) is 6.78. The van der Waals surface area contributed by atoms with Crippen LogP contribution < -0.4 is 9.62 Å². The van der Waals surface area contributed by atoms with Crippen LogP contribution in [0.15, 0.2) is 102 Å². The lowest BCUT2D eigenvalue weighted by Gasteiger charge is -2.35. The standard InChI is InChI=1S/C38H45N3O4S/c1-7-31(6)39-38(43)36(24-32-14-9-8-10-15-32)40(25-33-16-12-11-13-29(33)4)37(42)26-41(35-23-28(3)17-20-30(35)5)46(44,45)34-21-18-27(2)19-22-34/h8-23,31,36H,7,24-26H2,1-6H3,(H,39,43)/t31-,36+/m0/s1. The number of sulfonamides is 1. The van der Waals surface area contributed by atoms with Crippen LogP contribution in [0.25, 0.3) is 0 Å². The molecule has 8 heteroatoms. The number of hydrogen-bond donors (Lipinski definition) is 1. The van der Waals surface area contributed by atoms with Gasteiger partial charge >= 0.3 is 0 Å². The van der Waals surface area contributed by atoms with E-state index in [0.717, 1.165) is 39.8 Å². The molecule has 2 atom stereocenters. The van der Waals surface area contributed by atoms with Crippen molar-refractivity contribution in [2.24, 2.45) is 0 Å². The predicted molar refractivity (Wildman–Crippen MR) is 185 cm³/mol. The van der Waals surface area contributed by atoms with Gasteiger partial charge in [-0.2, -0.15) is 0 Å². The van der Waals surface area contributed by atoms with Gasteiger partial charge in [0.25, 0.3) is 10.0 Å². The van der Waals surface area contributed by atoms with Crippen molar-refractivity contribution >= 4 is 27.5 Å². The molecule has 0 unspecified atom stereocenters. The average molecular weight is 640 g/mol. The normalized spacial score (nSPS) is 12.7. The first kappa shape index (κ1) is 34.4. The van der Waals surface area contributed by atoms with Gasteiger partial charge in [0.2, 0.25) is 11.8 Å². The van der Waals surface area contributed by atoms with E-state index in [1.807, 2.05) is 108 Å². The van der Waals surface area contributed by atoms with E-state index in [1.54, 1.807) is 35.2 Å². The van der Waals surface area contributed by atoms with Gasteiger partial charge in [0, 0.05) is 19.0 Å². The number of anilines is 1. The maximum absolute atomic E-state index is 14.7. The van der Waals surface area contributed by atoms with E-state index in [1.165, 1.54) is 4.31 Å². The summed E-state index contributed by atoms with van der Waals surface area (Å²) in [6.07, 6.45) is 1.000. The quantitative estimate of drug-likeness (QED) is 0.177. The van der Waals surface area contributed by atoms with Crippen LogP contribution in [0.1, 0.15) is 53.6 Å². The van der Waals surface area contributed by atoms with Crippen molar-refractivity contribution in [1.82, 2.24) is 10.2 Å². The third-order valence-electron chi connectivity index (χ3n) is 8.40. The van der Waals surface area contributed by atoms with Crippen molar-refractivity contribution < 1.29 is 18.0 Å². The summed E-state index contributed by atoms with van der Waals surface area (Å²) in [7, 11) is -4.16. The Morgan fingerprint density at radius 3 is 2.07 bits per heavy atom. The Morgan fingerprint density at radius 1 is 0.783 bits per heavy atom. The van der Waals surface area contributed by atoms with Crippen molar-refractivity contribution in [3.05, 3.63) is 130 Å². The molecular formula is C38H45N3O4S. The number of rotatable bonds is 13.